The lowest BCUT2D eigenvalue weighted by molar-refractivity contribution is 0.249. The summed E-state index contributed by atoms with van der Waals surface area (Å²) in [6.45, 7) is 4.37. The molecular weight excluding hydrogens is 372 g/mol. The molecule has 0 heterocycles. The maximum Gasteiger partial charge on any atom is 0.0249 e. The van der Waals surface area contributed by atoms with E-state index in [1.807, 2.05) is 0 Å². The van der Waals surface area contributed by atoms with Gasteiger partial charge in [-0.15, -0.1) is 0 Å². The lowest BCUT2D eigenvalue weighted by Crippen LogP contribution is -2.15. The van der Waals surface area contributed by atoms with Gasteiger partial charge in [0, 0.05) is 23.1 Å². The largest absolute Gasteiger partial charge is 0.0982 e. The van der Waals surface area contributed by atoms with Crippen LogP contribution in [0.2, 0.25) is 0 Å². The minimum absolute atomic E-state index is 0.887. The fourth-order valence-corrected chi connectivity index (χ4v) is 4.59. The van der Waals surface area contributed by atoms with Crippen LogP contribution in [0.3, 0.4) is 0 Å². The summed E-state index contributed by atoms with van der Waals surface area (Å²) in [7, 11) is 0. The van der Waals surface area contributed by atoms with Crippen LogP contribution >= 0.6 is 0 Å². The fourth-order valence-electron chi connectivity index (χ4n) is 4.59. The van der Waals surface area contributed by atoms with Gasteiger partial charge in [-0.2, -0.15) is 0 Å². The predicted octanol–water partition coefficient (Wildman–Crippen LogP) is 8.17. The third-order valence-corrected chi connectivity index (χ3v) is 6.62. The van der Waals surface area contributed by atoms with Crippen LogP contribution in [0.15, 0.2) is 48.5 Å². The van der Waals surface area contributed by atoms with E-state index in [1.54, 1.807) is 0 Å². The van der Waals surface area contributed by atoms with Crippen molar-refractivity contribution in [3.8, 4) is 23.7 Å². The topological polar surface area (TPSA) is 0 Å². The average molecular weight is 411 g/mol. The van der Waals surface area contributed by atoms with E-state index in [9.17, 15) is 0 Å². The van der Waals surface area contributed by atoms with E-state index in [2.05, 4.69) is 86.1 Å². The van der Waals surface area contributed by atoms with Gasteiger partial charge in [-0.25, -0.2) is 0 Å². The molecule has 31 heavy (non-hydrogen) atoms. The summed E-state index contributed by atoms with van der Waals surface area (Å²) in [5.74, 6) is 14.8. The third-order valence-electron chi connectivity index (χ3n) is 6.62. The monoisotopic (exact) mass is 410 g/mol. The fraction of sp³-hybridized carbons (Fsp3) is 0.484. The van der Waals surface area contributed by atoms with Crippen LogP contribution in [-0.2, 0) is 6.42 Å². The van der Waals surface area contributed by atoms with Gasteiger partial charge in [0.25, 0.3) is 0 Å². The van der Waals surface area contributed by atoms with Crippen LogP contribution in [0.25, 0.3) is 0 Å². The highest BCUT2D eigenvalue weighted by Gasteiger charge is 2.20. The molecule has 162 valence electrons. The molecule has 2 aromatic carbocycles. The SMILES string of the molecule is CCC#Cc1ccc(C#Cc2ccc(CCC3CCC(CCCCC)CC3)cc2)cc1. The van der Waals surface area contributed by atoms with Gasteiger partial charge in [0.1, 0.15) is 0 Å². The van der Waals surface area contributed by atoms with Crippen LogP contribution in [0.4, 0.5) is 0 Å². The molecule has 0 radical (unpaired) electrons. The summed E-state index contributed by atoms with van der Waals surface area (Å²) in [5, 5.41) is 0. The lowest BCUT2D eigenvalue weighted by atomic mass is 9.78. The molecule has 1 saturated carbocycles. The van der Waals surface area contributed by atoms with Crippen molar-refractivity contribution in [2.75, 3.05) is 0 Å². The van der Waals surface area contributed by atoms with Crippen molar-refractivity contribution in [3.05, 3.63) is 70.8 Å². The zero-order valence-corrected chi connectivity index (χ0v) is 19.6. The maximum absolute atomic E-state index is 3.30. The summed E-state index contributed by atoms with van der Waals surface area (Å²) in [4.78, 5) is 0. The molecule has 1 aliphatic rings. The molecule has 0 aliphatic heterocycles. The van der Waals surface area contributed by atoms with Crippen molar-refractivity contribution < 1.29 is 0 Å². The van der Waals surface area contributed by atoms with Gasteiger partial charge in [0.05, 0.1) is 0 Å². The van der Waals surface area contributed by atoms with Gasteiger partial charge >= 0.3 is 0 Å². The van der Waals surface area contributed by atoms with Crippen molar-refractivity contribution in [3.63, 3.8) is 0 Å². The molecule has 0 atom stereocenters. The zero-order valence-electron chi connectivity index (χ0n) is 19.6. The van der Waals surface area contributed by atoms with Crippen LogP contribution < -0.4 is 0 Å². The molecule has 0 nitrogen and oxygen atoms in total. The second kappa shape index (κ2) is 13.1. The molecule has 0 aromatic heterocycles. The number of rotatable bonds is 7. The number of hydrogen-bond acceptors (Lipinski definition) is 0. The Balaban J connectivity index is 1.42. The molecule has 1 aliphatic carbocycles. The second-order valence-corrected chi connectivity index (χ2v) is 9.10. The van der Waals surface area contributed by atoms with E-state index in [-0.39, 0.29) is 0 Å². The van der Waals surface area contributed by atoms with Gasteiger partial charge in [-0.3, -0.25) is 0 Å². The first-order chi connectivity index (χ1) is 15.3. The maximum atomic E-state index is 3.30. The Morgan fingerprint density at radius 1 is 0.645 bits per heavy atom. The van der Waals surface area contributed by atoms with E-state index >= 15 is 0 Å². The number of benzene rings is 2. The van der Waals surface area contributed by atoms with Crippen molar-refractivity contribution in [2.24, 2.45) is 11.8 Å². The number of aryl methyl sites for hydroxylation is 1. The summed E-state index contributed by atoms with van der Waals surface area (Å²) in [6.07, 6.45) is 15.0. The molecule has 0 unspecified atom stereocenters. The van der Waals surface area contributed by atoms with E-state index in [0.717, 1.165) is 34.9 Å². The molecule has 0 amide bonds. The van der Waals surface area contributed by atoms with Crippen LogP contribution in [-0.4, -0.2) is 0 Å². The molecule has 0 N–H and O–H groups in total. The Hall–Kier alpha value is -2.44. The van der Waals surface area contributed by atoms with E-state index in [1.165, 1.54) is 69.8 Å². The molecule has 0 spiro atoms. The molecule has 0 heteroatoms. The average Bonchev–Trinajstić information content (AvgIpc) is 2.82. The molecule has 0 saturated heterocycles. The zero-order chi connectivity index (χ0) is 21.7. The second-order valence-electron chi connectivity index (χ2n) is 9.10. The van der Waals surface area contributed by atoms with Crippen LogP contribution in [0, 0.1) is 35.5 Å². The number of unbranched alkanes of at least 4 members (excludes halogenated alkanes) is 2. The van der Waals surface area contributed by atoms with E-state index in [4.69, 9.17) is 0 Å². The van der Waals surface area contributed by atoms with E-state index in [0.29, 0.717) is 0 Å². The first-order valence-electron chi connectivity index (χ1n) is 12.5. The highest BCUT2D eigenvalue weighted by Crippen LogP contribution is 2.34. The summed E-state index contributed by atoms with van der Waals surface area (Å²) >= 11 is 0. The Labute approximate surface area is 190 Å². The predicted molar refractivity (Wildman–Crippen MR) is 134 cm³/mol. The first-order valence-corrected chi connectivity index (χ1v) is 12.5. The molecule has 1 fully saturated rings. The molecular formula is C31H38. The lowest BCUT2D eigenvalue weighted by Gasteiger charge is -2.28. The summed E-state index contributed by atoms with van der Waals surface area (Å²) < 4.78 is 0. The van der Waals surface area contributed by atoms with Crippen LogP contribution in [0.1, 0.15) is 100 Å². The Morgan fingerprint density at radius 3 is 1.71 bits per heavy atom. The van der Waals surface area contributed by atoms with Crippen molar-refractivity contribution >= 4 is 0 Å². The van der Waals surface area contributed by atoms with Crippen LogP contribution in [0.5, 0.6) is 0 Å². The van der Waals surface area contributed by atoms with Gasteiger partial charge in [0.2, 0.25) is 0 Å². The minimum Gasteiger partial charge on any atom is -0.0982 e. The van der Waals surface area contributed by atoms with Gasteiger partial charge in [0.15, 0.2) is 0 Å². The quantitative estimate of drug-likeness (QED) is 0.319. The minimum atomic E-state index is 0.887. The van der Waals surface area contributed by atoms with Gasteiger partial charge in [-0.05, 0) is 66.6 Å². The molecule has 3 rings (SSSR count). The summed E-state index contributed by atoms with van der Waals surface area (Å²) in [5.41, 5.74) is 4.64. The van der Waals surface area contributed by atoms with Gasteiger partial charge in [-0.1, -0.05) is 101 Å². The third kappa shape index (κ3) is 8.31. The van der Waals surface area contributed by atoms with E-state index < -0.39 is 0 Å². The Kier molecular flexibility index (Phi) is 9.80. The summed E-state index contributed by atoms with van der Waals surface area (Å²) in [6, 6.07) is 17.1. The highest BCUT2D eigenvalue weighted by molar-refractivity contribution is 5.46. The normalized spacial score (nSPS) is 17.9. The standard InChI is InChI=1S/C31H38/c1-3-5-7-9-27-12-16-29(17-13-27)19-21-31-24-22-30(23-25-31)20-18-28-14-10-26(11-15-28)8-6-4-2/h10-11,14-15,22-25,27,29H,3-5,7,9,12-13,16-17,19,21H2,1-2H3. The van der Waals surface area contributed by atoms with Crippen molar-refractivity contribution in [1.29, 1.82) is 0 Å². The van der Waals surface area contributed by atoms with Gasteiger partial charge < -0.3 is 0 Å². The Morgan fingerprint density at radius 2 is 1.16 bits per heavy atom. The number of hydrogen-bond donors (Lipinski definition) is 0. The van der Waals surface area contributed by atoms with Crippen molar-refractivity contribution in [1.82, 2.24) is 0 Å². The Bertz CT molecular complexity index is 885. The highest BCUT2D eigenvalue weighted by atomic mass is 14.3. The molecule has 0 bridgehead atoms. The molecule has 2 aromatic rings. The van der Waals surface area contributed by atoms with Crippen molar-refractivity contribution in [2.45, 2.75) is 84.5 Å². The first kappa shape index (κ1) is 23.2. The smallest absolute Gasteiger partial charge is 0.0249 e.